The fourth-order valence-corrected chi connectivity index (χ4v) is 26.0. The summed E-state index contributed by atoms with van der Waals surface area (Å²) in [6, 6.07) is 9.63. The summed E-state index contributed by atoms with van der Waals surface area (Å²) in [4.78, 5) is 0. The van der Waals surface area contributed by atoms with E-state index < -0.39 is 7.74 Å². The summed E-state index contributed by atoms with van der Waals surface area (Å²) in [5.74, 6) is 0. The van der Waals surface area contributed by atoms with Gasteiger partial charge in [0.2, 0.25) is 0 Å². The van der Waals surface area contributed by atoms with Crippen LogP contribution < -0.4 is 0 Å². The second kappa shape index (κ2) is 8.14. The lowest BCUT2D eigenvalue weighted by Gasteiger charge is -2.62. The van der Waals surface area contributed by atoms with Gasteiger partial charge >= 0.3 is 0 Å². The highest BCUT2D eigenvalue weighted by Gasteiger charge is 2.61. The first-order valence-electron chi connectivity index (χ1n) is 11.2. The molecule has 0 saturated carbocycles. The monoisotopic (exact) mass is 454 g/mol. The summed E-state index contributed by atoms with van der Waals surface area (Å²) >= 11 is 0. The van der Waals surface area contributed by atoms with Crippen LogP contribution in [0.2, 0.25) is 19.6 Å². The Hall–Kier alpha value is -0.483. The van der Waals surface area contributed by atoms with Crippen molar-refractivity contribution in [3.8, 4) is 0 Å². The summed E-state index contributed by atoms with van der Waals surface area (Å²) in [6.07, 6.45) is 0. The summed E-state index contributed by atoms with van der Waals surface area (Å²) in [5, 5.41) is 4.00. The van der Waals surface area contributed by atoms with Crippen molar-refractivity contribution in [3.05, 3.63) is 79.6 Å². The van der Waals surface area contributed by atoms with Crippen molar-refractivity contribution in [3.63, 3.8) is 0 Å². The van der Waals surface area contributed by atoms with Crippen molar-refractivity contribution in [2.24, 2.45) is 0 Å². The molecule has 0 aliphatic carbocycles. The van der Waals surface area contributed by atoms with E-state index in [9.17, 15) is 0 Å². The maximum Gasteiger partial charge on any atom is 0.0752 e. The van der Waals surface area contributed by atoms with Crippen LogP contribution in [0.15, 0.2) is 24.3 Å². The van der Waals surface area contributed by atoms with E-state index in [4.69, 9.17) is 0 Å². The highest BCUT2D eigenvalue weighted by molar-refractivity contribution is 8.18. The maximum atomic E-state index is 2.60. The third-order valence-electron chi connectivity index (χ3n) is 5.99. The van der Waals surface area contributed by atoms with E-state index in [1.54, 1.807) is 11.1 Å². The van der Waals surface area contributed by atoms with Gasteiger partial charge in [0.05, 0.1) is 18.5 Å². The van der Waals surface area contributed by atoms with E-state index in [2.05, 4.69) is 106 Å². The molecule has 3 heteroatoms. The van der Waals surface area contributed by atoms with Crippen LogP contribution >= 0.6 is 15.4 Å². The Kier molecular flexibility index (Phi) is 6.55. The lowest BCUT2D eigenvalue weighted by molar-refractivity contribution is 0.784. The van der Waals surface area contributed by atoms with Crippen molar-refractivity contribution in [1.29, 1.82) is 0 Å². The van der Waals surface area contributed by atoms with Gasteiger partial charge in [-0.3, -0.25) is 0 Å². The molecule has 3 rings (SSSR count). The van der Waals surface area contributed by atoms with E-state index in [1.165, 1.54) is 33.4 Å². The molecule has 1 heterocycles. The van der Waals surface area contributed by atoms with Crippen LogP contribution in [-0.4, -0.2) is 12.9 Å². The highest BCUT2D eigenvalue weighted by atomic mass is 31.4. The molecule has 2 radical (unpaired) electrons. The quantitative estimate of drug-likeness (QED) is 0.320. The summed E-state index contributed by atoms with van der Waals surface area (Å²) in [6.45, 7) is 29.1. The molecule has 1 aliphatic rings. The maximum absolute atomic E-state index is 2.60. The first-order valence-corrected chi connectivity index (χ1v) is 18.2. The first-order chi connectivity index (χ1) is 13.6. The van der Waals surface area contributed by atoms with Gasteiger partial charge in [-0.15, -0.1) is 0 Å². The zero-order chi connectivity index (χ0) is 22.8. The number of hydrogen-bond acceptors (Lipinski definition) is 0. The Morgan fingerprint density at radius 1 is 0.600 bits per heavy atom. The van der Waals surface area contributed by atoms with Crippen LogP contribution in [0.25, 0.3) is 0 Å². The standard InChI is InChI=1S/C27H40P2Si/c1-17-13-19(3)23(20(4)14-17)25-28(27(7,8)9)26(29(25)30(10,11)12)24-21(5)15-18(2)16-22(24)6/h13-16H,1-12H3. The van der Waals surface area contributed by atoms with E-state index in [-0.39, 0.29) is 20.5 Å². The molecular formula is C27H40P2Si. The molecule has 1 saturated heterocycles. The van der Waals surface area contributed by atoms with E-state index >= 15 is 0 Å². The van der Waals surface area contributed by atoms with Crippen LogP contribution in [0.5, 0.6) is 0 Å². The lowest BCUT2D eigenvalue weighted by atomic mass is 10.0. The Morgan fingerprint density at radius 3 is 1.13 bits per heavy atom. The first kappa shape index (κ1) is 24.2. The fourth-order valence-electron chi connectivity index (χ4n) is 5.14. The zero-order valence-electron chi connectivity index (χ0n) is 21.2. The molecule has 0 N–H and O–H groups in total. The third-order valence-corrected chi connectivity index (χ3v) is 20.2. The summed E-state index contributed by atoms with van der Waals surface area (Å²) < 4.78 is 0. The van der Waals surface area contributed by atoms with Gasteiger partial charge in [-0.25, -0.2) is 0 Å². The minimum Gasteiger partial charge on any atom is -0.0846 e. The van der Waals surface area contributed by atoms with Gasteiger partial charge in [0.15, 0.2) is 0 Å². The fraction of sp³-hybridized carbons (Fsp3) is 0.481. The van der Waals surface area contributed by atoms with E-state index in [0.717, 1.165) is 0 Å². The molecule has 30 heavy (non-hydrogen) atoms. The number of hydrogen-bond donors (Lipinski definition) is 0. The van der Waals surface area contributed by atoms with Crippen molar-refractivity contribution < 1.29 is 0 Å². The molecule has 0 nitrogen and oxygen atoms in total. The Labute approximate surface area is 189 Å². The minimum absolute atomic E-state index is 0.205. The SMILES string of the molecule is Cc1cc(C)c([C]2P(C(C)(C)C)[C](c3c(C)cc(C)cc3C)P2[Si](C)(C)C)c(C)c1. The summed E-state index contributed by atoms with van der Waals surface area (Å²) in [7, 11) is -1.91. The van der Waals surface area contributed by atoms with Gasteiger partial charge in [-0.2, -0.15) is 0 Å². The van der Waals surface area contributed by atoms with Gasteiger partial charge in [-0.05, 0) is 80.1 Å². The molecule has 0 aromatic heterocycles. The van der Waals surface area contributed by atoms with Crippen LogP contribution in [0.3, 0.4) is 0 Å². The lowest BCUT2D eigenvalue weighted by Crippen LogP contribution is -2.37. The number of aryl methyl sites for hydroxylation is 6. The minimum atomic E-state index is -1.40. The van der Waals surface area contributed by atoms with Crippen LogP contribution in [0.4, 0.5) is 0 Å². The Bertz CT molecular complexity index is 828. The molecule has 0 atom stereocenters. The van der Waals surface area contributed by atoms with Crippen LogP contribution in [0.1, 0.15) is 65.3 Å². The molecular weight excluding hydrogens is 414 g/mol. The van der Waals surface area contributed by atoms with Crippen molar-refractivity contribution in [2.45, 2.75) is 87.1 Å². The van der Waals surface area contributed by atoms with E-state index in [0.29, 0.717) is 0 Å². The van der Waals surface area contributed by atoms with Gasteiger partial charge in [-0.1, -0.05) is 91.2 Å². The van der Waals surface area contributed by atoms with E-state index in [1.807, 2.05) is 10.8 Å². The van der Waals surface area contributed by atoms with Crippen LogP contribution in [-0.2, 0) is 0 Å². The van der Waals surface area contributed by atoms with Gasteiger partial charge in [0, 0.05) is 0 Å². The molecule has 1 fully saturated rings. The van der Waals surface area contributed by atoms with Crippen LogP contribution in [0, 0.1) is 52.3 Å². The molecule has 1 aliphatic heterocycles. The molecule has 2 aromatic carbocycles. The average Bonchev–Trinajstić information content (AvgIpc) is 2.47. The molecule has 0 amide bonds. The highest BCUT2D eigenvalue weighted by Crippen LogP contribution is 2.97. The predicted molar refractivity (Wildman–Crippen MR) is 143 cm³/mol. The topological polar surface area (TPSA) is 0 Å². The Morgan fingerprint density at radius 2 is 0.900 bits per heavy atom. The summed E-state index contributed by atoms with van der Waals surface area (Å²) in [5.41, 5.74) is 12.0. The van der Waals surface area contributed by atoms with Crippen molar-refractivity contribution in [1.82, 2.24) is 0 Å². The van der Waals surface area contributed by atoms with Gasteiger partial charge in [0.25, 0.3) is 0 Å². The Balaban J connectivity index is 2.27. The normalized spacial score (nSPS) is 21.1. The molecule has 162 valence electrons. The number of benzene rings is 2. The van der Waals surface area contributed by atoms with Gasteiger partial charge < -0.3 is 0 Å². The largest absolute Gasteiger partial charge is 0.0846 e. The van der Waals surface area contributed by atoms with Gasteiger partial charge in [0.1, 0.15) is 0 Å². The predicted octanol–water partition coefficient (Wildman–Crippen LogP) is 9.52. The molecule has 2 aromatic rings. The van der Waals surface area contributed by atoms with Crippen molar-refractivity contribution in [2.75, 3.05) is 0 Å². The van der Waals surface area contributed by atoms with Crippen molar-refractivity contribution >= 4 is 23.1 Å². The third kappa shape index (κ3) is 4.24. The molecule has 0 bridgehead atoms. The zero-order valence-corrected chi connectivity index (χ0v) is 24.0. The molecule has 0 unspecified atom stereocenters. The average molecular weight is 455 g/mol. The second-order valence-corrected chi connectivity index (χ2v) is 26.1. The smallest absolute Gasteiger partial charge is 0.0752 e. The number of rotatable bonds is 3. The molecule has 0 spiro atoms. The second-order valence-electron chi connectivity index (χ2n) is 11.2.